The summed E-state index contributed by atoms with van der Waals surface area (Å²) >= 11 is 0. The van der Waals surface area contributed by atoms with Crippen molar-refractivity contribution in [2.24, 2.45) is 5.92 Å². The largest absolute Gasteiger partial charge is 0.464 e. The monoisotopic (exact) mass is 271 g/mol. The molecule has 0 spiro atoms. The Kier molecular flexibility index (Phi) is 3.40. The molecule has 0 saturated carbocycles. The van der Waals surface area contributed by atoms with Crippen molar-refractivity contribution in [1.29, 1.82) is 0 Å². The first kappa shape index (κ1) is 13.1. The lowest BCUT2D eigenvalue weighted by atomic mass is 9.98. The van der Waals surface area contributed by atoms with Gasteiger partial charge in [0.25, 0.3) is 0 Å². The third-order valence-corrected chi connectivity index (χ3v) is 3.90. The van der Waals surface area contributed by atoms with Gasteiger partial charge in [-0.25, -0.2) is 0 Å². The van der Waals surface area contributed by atoms with Crippen molar-refractivity contribution in [2.45, 2.75) is 13.3 Å². The first-order valence-electron chi connectivity index (χ1n) is 6.89. The van der Waals surface area contributed by atoms with Gasteiger partial charge in [-0.2, -0.15) is 0 Å². The zero-order chi connectivity index (χ0) is 14.1. The van der Waals surface area contributed by atoms with Gasteiger partial charge in [0.05, 0.1) is 12.1 Å². The summed E-state index contributed by atoms with van der Waals surface area (Å²) in [6.45, 7) is 3.61. The minimum absolute atomic E-state index is 0.0256. The van der Waals surface area contributed by atoms with Gasteiger partial charge in [0, 0.05) is 30.8 Å². The molecule has 104 valence electrons. The first-order valence-corrected chi connectivity index (χ1v) is 6.89. The number of hydrogen-bond acceptors (Lipinski definition) is 4. The lowest BCUT2D eigenvalue weighted by Gasteiger charge is -2.29. The molecule has 0 amide bonds. The van der Waals surface area contributed by atoms with Crippen LogP contribution < -0.4 is 0 Å². The van der Waals surface area contributed by atoms with Crippen molar-refractivity contribution in [1.82, 2.24) is 4.90 Å². The molecule has 1 saturated heterocycles. The molecule has 2 heterocycles. The normalized spacial score (nSPS) is 20.4. The lowest BCUT2D eigenvalue weighted by Crippen LogP contribution is -2.42. The maximum atomic E-state index is 12.4. The molecule has 0 aliphatic carbocycles. The van der Waals surface area contributed by atoms with Crippen LogP contribution in [0.2, 0.25) is 0 Å². The molecule has 1 aromatic heterocycles. The first-order chi connectivity index (χ1) is 9.65. The lowest BCUT2D eigenvalue weighted by molar-refractivity contribution is -0.125. The standard InChI is InChI=1S/C16H17NO3/c1-11-8-17(7-6-14(11)18)9-15(19)13-10-20-16-5-3-2-4-12(13)16/h2-5,10-11H,6-9H2,1H3. The third kappa shape index (κ3) is 2.39. The van der Waals surface area contributed by atoms with Gasteiger partial charge in [-0.05, 0) is 6.07 Å². The molecule has 0 N–H and O–H groups in total. The number of rotatable bonds is 3. The van der Waals surface area contributed by atoms with Crippen LogP contribution in [0.15, 0.2) is 34.9 Å². The number of carbonyl (C=O) groups is 2. The molecule has 1 aromatic carbocycles. The van der Waals surface area contributed by atoms with Gasteiger partial charge in [-0.1, -0.05) is 25.1 Å². The van der Waals surface area contributed by atoms with Crippen LogP contribution >= 0.6 is 0 Å². The van der Waals surface area contributed by atoms with Gasteiger partial charge in [-0.3, -0.25) is 14.5 Å². The van der Waals surface area contributed by atoms with Crippen LogP contribution in [0.1, 0.15) is 23.7 Å². The van der Waals surface area contributed by atoms with Crippen LogP contribution in [0.3, 0.4) is 0 Å². The third-order valence-electron chi connectivity index (χ3n) is 3.90. The van der Waals surface area contributed by atoms with E-state index < -0.39 is 0 Å². The fraction of sp³-hybridized carbons (Fsp3) is 0.375. The maximum Gasteiger partial charge on any atom is 0.180 e. The highest BCUT2D eigenvalue weighted by atomic mass is 16.3. The van der Waals surface area contributed by atoms with Gasteiger partial charge in [0.2, 0.25) is 0 Å². The van der Waals surface area contributed by atoms with Crippen LogP contribution in [-0.4, -0.2) is 36.1 Å². The zero-order valence-corrected chi connectivity index (χ0v) is 11.5. The zero-order valence-electron chi connectivity index (χ0n) is 11.5. The molecular weight excluding hydrogens is 254 g/mol. The van der Waals surface area contributed by atoms with E-state index in [9.17, 15) is 9.59 Å². The van der Waals surface area contributed by atoms with Gasteiger partial charge >= 0.3 is 0 Å². The highest BCUT2D eigenvalue weighted by molar-refractivity contribution is 6.08. The maximum absolute atomic E-state index is 12.4. The smallest absolute Gasteiger partial charge is 0.180 e. The Morgan fingerprint density at radius 1 is 1.40 bits per heavy atom. The van der Waals surface area contributed by atoms with Crippen LogP contribution in [-0.2, 0) is 4.79 Å². The van der Waals surface area contributed by atoms with Gasteiger partial charge in [-0.15, -0.1) is 0 Å². The minimum atomic E-state index is 0.0256. The van der Waals surface area contributed by atoms with E-state index in [4.69, 9.17) is 4.42 Å². The molecule has 1 aliphatic heterocycles. The van der Waals surface area contributed by atoms with Crippen molar-refractivity contribution in [3.05, 3.63) is 36.1 Å². The van der Waals surface area contributed by atoms with Crippen molar-refractivity contribution in [3.8, 4) is 0 Å². The summed E-state index contributed by atoms with van der Waals surface area (Å²) < 4.78 is 5.40. The van der Waals surface area contributed by atoms with E-state index in [1.165, 1.54) is 6.26 Å². The van der Waals surface area contributed by atoms with Crippen molar-refractivity contribution < 1.29 is 14.0 Å². The summed E-state index contributed by atoms with van der Waals surface area (Å²) in [5.74, 6) is 0.372. The Morgan fingerprint density at radius 3 is 3.00 bits per heavy atom. The SMILES string of the molecule is CC1CN(CC(=O)c2coc3ccccc23)CCC1=O. The second-order valence-electron chi connectivity index (χ2n) is 5.42. The van der Waals surface area contributed by atoms with Crippen LogP contribution in [0.25, 0.3) is 11.0 Å². The van der Waals surface area contributed by atoms with Crippen molar-refractivity contribution in [2.75, 3.05) is 19.6 Å². The number of Topliss-reactive ketones (excluding diaryl/α,β-unsaturated/α-hetero) is 2. The van der Waals surface area contributed by atoms with E-state index in [1.807, 2.05) is 31.2 Å². The number of hydrogen-bond donors (Lipinski definition) is 0. The second kappa shape index (κ2) is 5.21. The van der Waals surface area contributed by atoms with E-state index >= 15 is 0 Å². The molecule has 4 heteroatoms. The van der Waals surface area contributed by atoms with Gasteiger partial charge < -0.3 is 4.42 Å². The minimum Gasteiger partial charge on any atom is -0.464 e. The summed E-state index contributed by atoms with van der Waals surface area (Å²) in [4.78, 5) is 25.9. The molecule has 3 rings (SSSR count). The molecular formula is C16H17NO3. The number of fused-ring (bicyclic) bond motifs is 1. The molecule has 2 aromatic rings. The summed E-state index contributed by atoms with van der Waals surface area (Å²) in [5.41, 5.74) is 1.36. The van der Waals surface area contributed by atoms with E-state index in [0.29, 0.717) is 37.4 Å². The molecule has 4 nitrogen and oxygen atoms in total. The average molecular weight is 271 g/mol. The summed E-state index contributed by atoms with van der Waals surface area (Å²) in [7, 11) is 0. The van der Waals surface area contributed by atoms with Crippen LogP contribution in [0.5, 0.6) is 0 Å². The number of likely N-dealkylation sites (tertiary alicyclic amines) is 1. The molecule has 0 bridgehead atoms. The van der Waals surface area contributed by atoms with Crippen LogP contribution in [0, 0.1) is 5.92 Å². The van der Waals surface area contributed by atoms with Gasteiger partial charge in [0.1, 0.15) is 17.6 Å². The number of ketones is 2. The van der Waals surface area contributed by atoms with E-state index in [2.05, 4.69) is 4.90 Å². The predicted molar refractivity (Wildman–Crippen MR) is 75.8 cm³/mol. The predicted octanol–water partition coefficient (Wildman–Crippen LogP) is 2.53. The van der Waals surface area contributed by atoms with E-state index in [-0.39, 0.29) is 11.7 Å². The number of nitrogens with zero attached hydrogens (tertiary/aromatic N) is 1. The topological polar surface area (TPSA) is 50.5 Å². The van der Waals surface area contributed by atoms with Gasteiger partial charge in [0.15, 0.2) is 5.78 Å². The van der Waals surface area contributed by atoms with Crippen molar-refractivity contribution in [3.63, 3.8) is 0 Å². The summed E-state index contributed by atoms with van der Waals surface area (Å²) in [5, 5.41) is 0.860. The number of carbonyl (C=O) groups excluding carboxylic acids is 2. The molecule has 1 atom stereocenters. The fourth-order valence-corrected chi connectivity index (χ4v) is 2.72. The van der Waals surface area contributed by atoms with E-state index in [1.54, 1.807) is 0 Å². The highest BCUT2D eigenvalue weighted by Gasteiger charge is 2.25. The number of piperidine rings is 1. The Morgan fingerprint density at radius 2 is 2.20 bits per heavy atom. The van der Waals surface area contributed by atoms with Crippen LogP contribution in [0.4, 0.5) is 0 Å². The fourth-order valence-electron chi connectivity index (χ4n) is 2.72. The Labute approximate surface area is 117 Å². The quantitative estimate of drug-likeness (QED) is 0.805. The Hall–Kier alpha value is -1.94. The molecule has 1 aliphatic rings. The summed E-state index contributed by atoms with van der Waals surface area (Å²) in [6.07, 6.45) is 2.08. The second-order valence-corrected chi connectivity index (χ2v) is 5.42. The average Bonchev–Trinajstić information content (AvgIpc) is 2.87. The Balaban J connectivity index is 1.75. The molecule has 1 fully saturated rings. The summed E-state index contributed by atoms with van der Waals surface area (Å²) in [6, 6.07) is 7.54. The highest BCUT2D eigenvalue weighted by Crippen LogP contribution is 2.22. The molecule has 20 heavy (non-hydrogen) atoms. The Bertz CT molecular complexity index is 659. The van der Waals surface area contributed by atoms with Crippen molar-refractivity contribution >= 4 is 22.5 Å². The van der Waals surface area contributed by atoms with E-state index in [0.717, 1.165) is 11.0 Å². The molecule has 1 unspecified atom stereocenters. The number of furan rings is 1. The molecule has 0 radical (unpaired) electrons. The number of benzene rings is 1. The number of para-hydroxylation sites is 1.